The molecule has 200 valence electrons. The minimum atomic E-state index is -1.34. The third-order valence-electron chi connectivity index (χ3n) is 6.44. The Morgan fingerprint density at radius 1 is 0.919 bits per heavy atom. The third-order valence-corrected chi connectivity index (χ3v) is 6.44. The molecule has 9 nitrogen and oxygen atoms in total. The maximum Gasteiger partial charge on any atom is 0.346 e. The summed E-state index contributed by atoms with van der Waals surface area (Å²) < 4.78 is 21.8. The zero-order valence-corrected chi connectivity index (χ0v) is 22.2. The summed E-state index contributed by atoms with van der Waals surface area (Å²) in [5.74, 6) is -2.62. The Morgan fingerprint density at radius 2 is 1.54 bits per heavy atom. The first-order valence-corrected chi connectivity index (χ1v) is 12.0. The summed E-state index contributed by atoms with van der Waals surface area (Å²) in [6.45, 7) is 7.72. The number of benzene rings is 2. The normalized spacial score (nSPS) is 12.7. The molecule has 1 unspecified atom stereocenters. The Kier molecular flexibility index (Phi) is 10.7. The highest BCUT2D eigenvalue weighted by molar-refractivity contribution is 6.03. The van der Waals surface area contributed by atoms with Crippen molar-refractivity contribution in [2.24, 2.45) is 0 Å². The molecule has 0 spiro atoms. The number of carboxylic acids is 1. The first-order valence-electron chi connectivity index (χ1n) is 12.0. The van der Waals surface area contributed by atoms with Gasteiger partial charge in [-0.3, -0.25) is 4.90 Å². The van der Waals surface area contributed by atoms with Gasteiger partial charge in [-0.2, -0.15) is 0 Å². The molecule has 0 fully saturated rings. The van der Waals surface area contributed by atoms with Crippen LogP contribution in [-0.2, 0) is 26.3 Å². The van der Waals surface area contributed by atoms with E-state index in [0.717, 1.165) is 18.7 Å². The summed E-state index contributed by atoms with van der Waals surface area (Å²) in [6.07, 6.45) is 2.30. The van der Waals surface area contributed by atoms with E-state index in [-0.39, 0.29) is 17.1 Å². The molecule has 2 aromatic rings. The van der Waals surface area contributed by atoms with Crippen LogP contribution in [0.3, 0.4) is 0 Å². The Balaban J connectivity index is 2.81. The van der Waals surface area contributed by atoms with Gasteiger partial charge in [0, 0.05) is 23.3 Å². The maximum absolute atomic E-state index is 13.3. The zero-order valence-electron chi connectivity index (χ0n) is 22.2. The largest absolute Gasteiger partial charge is 0.493 e. The van der Waals surface area contributed by atoms with E-state index < -0.39 is 23.4 Å². The number of likely N-dealkylation sites (N-methyl/N-ethyl adjacent to an activating group) is 1. The molecular formula is C28H35NO8. The van der Waals surface area contributed by atoms with Crippen LogP contribution in [0.15, 0.2) is 48.6 Å². The molecule has 1 atom stereocenters. The van der Waals surface area contributed by atoms with Crippen LogP contribution in [0.5, 0.6) is 17.2 Å². The molecule has 0 aliphatic rings. The SMILES string of the molecule is CCN(CC)C(CC)(Cc1c(C(=O)OC(=O)/C=C\C(=O)O)cc(OC)c(OC)c1OC)c1ccccc1. The molecule has 0 bridgehead atoms. The Bertz CT molecular complexity index is 1120. The van der Waals surface area contributed by atoms with E-state index in [1.807, 2.05) is 30.3 Å². The van der Waals surface area contributed by atoms with Gasteiger partial charge in [0.25, 0.3) is 0 Å². The second-order valence-electron chi connectivity index (χ2n) is 8.15. The van der Waals surface area contributed by atoms with Crippen LogP contribution in [0.25, 0.3) is 0 Å². The number of rotatable bonds is 13. The highest BCUT2D eigenvalue weighted by atomic mass is 16.6. The average Bonchev–Trinajstić information content (AvgIpc) is 2.91. The van der Waals surface area contributed by atoms with Gasteiger partial charge in [0.2, 0.25) is 5.75 Å². The number of hydrogen-bond donors (Lipinski definition) is 1. The van der Waals surface area contributed by atoms with Crippen molar-refractivity contribution in [2.45, 2.75) is 39.2 Å². The van der Waals surface area contributed by atoms with Crippen molar-refractivity contribution in [3.8, 4) is 17.2 Å². The maximum atomic E-state index is 13.3. The lowest BCUT2D eigenvalue weighted by atomic mass is 9.78. The molecule has 1 N–H and O–H groups in total. The number of ether oxygens (including phenoxy) is 4. The van der Waals surface area contributed by atoms with Crippen LogP contribution in [0.4, 0.5) is 0 Å². The second kappa shape index (κ2) is 13.5. The number of aliphatic carboxylic acids is 1. The third kappa shape index (κ3) is 6.48. The summed E-state index contributed by atoms with van der Waals surface area (Å²) in [5, 5.41) is 8.78. The second-order valence-corrected chi connectivity index (χ2v) is 8.15. The summed E-state index contributed by atoms with van der Waals surface area (Å²) in [5.41, 5.74) is 1.03. The number of methoxy groups -OCH3 is 3. The average molecular weight is 514 g/mol. The monoisotopic (exact) mass is 513 g/mol. The summed E-state index contributed by atoms with van der Waals surface area (Å²) in [7, 11) is 4.35. The van der Waals surface area contributed by atoms with Gasteiger partial charge in [-0.15, -0.1) is 0 Å². The fraction of sp³-hybridized carbons (Fsp3) is 0.393. The summed E-state index contributed by atoms with van der Waals surface area (Å²) in [6, 6.07) is 11.4. The van der Waals surface area contributed by atoms with Crippen molar-refractivity contribution in [3.63, 3.8) is 0 Å². The summed E-state index contributed by atoms with van der Waals surface area (Å²) >= 11 is 0. The predicted molar refractivity (Wildman–Crippen MR) is 138 cm³/mol. The summed E-state index contributed by atoms with van der Waals surface area (Å²) in [4.78, 5) is 38.5. The zero-order chi connectivity index (χ0) is 27.6. The lowest BCUT2D eigenvalue weighted by Gasteiger charge is -2.44. The van der Waals surface area contributed by atoms with E-state index >= 15 is 0 Å². The first kappa shape index (κ1) is 29.4. The van der Waals surface area contributed by atoms with Crippen LogP contribution in [0.2, 0.25) is 0 Å². The van der Waals surface area contributed by atoms with Crippen LogP contribution in [-0.4, -0.2) is 62.3 Å². The van der Waals surface area contributed by atoms with E-state index in [4.69, 9.17) is 24.1 Å². The topological polar surface area (TPSA) is 112 Å². The van der Waals surface area contributed by atoms with E-state index in [2.05, 4.69) is 25.7 Å². The van der Waals surface area contributed by atoms with Gasteiger partial charge in [0.1, 0.15) is 0 Å². The van der Waals surface area contributed by atoms with Gasteiger partial charge in [0.05, 0.1) is 26.9 Å². The van der Waals surface area contributed by atoms with Crippen molar-refractivity contribution < 1.29 is 38.4 Å². The molecule has 0 aromatic heterocycles. The van der Waals surface area contributed by atoms with Crippen LogP contribution >= 0.6 is 0 Å². The number of carbonyl (C=O) groups is 3. The molecule has 0 saturated carbocycles. The molecule has 0 heterocycles. The molecule has 0 radical (unpaired) electrons. The minimum Gasteiger partial charge on any atom is -0.493 e. The minimum absolute atomic E-state index is 0.0486. The highest BCUT2D eigenvalue weighted by Gasteiger charge is 2.39. The molecule has 9 heteroatoms. The van der Waals surface area contributed by atoms with Gasteiger partial charge < -0.3 is 24.1 Å². The van der Waals surface area contributed by atoms with Crippen molar-refractivity contribution >= 4 is 17.9 Å². The van der Waals surface area contributed by atoms with Gasteiger partial charge in [0.15, 0.2) is 11.5 Å². The highest BCUT2D eigenvalue weighted by Crippen LogP contribution is 2.46. The van der Waals surface area contributed by atoms with Crippen LogP contribution < -0.4 is 14.2 Å². The standard InChI is InChI=1S/C28H35NO8/c1-7-28(29(8-2)9-3,19-13-11-10-12-14-19)18-21-20(27(33)37-24(32)16-15-23(30)31)17-22(34-4)26(36-6)25(21)35-5/h10-17H,7-9,18H2,1-6H3,(H,30,31)/b16-15-. The Morgan fingerprint density at radius 3 is 2.03 bits per heavy atom. The van der Waals surface area contributed by atoms with Crippen molar-refractivity contribution in [2.75, 3.05) is 34.4 Å². The number of carbonyl (C=O) groups excluding carboxylic acids is 2. The lowest BCUT2D eigenvalue weighted by Crippen LogP contribution is -2.47. The molecule has 2 rings (SSSR count). The van der Waals surface area contributed by atoms with E-state index in [0.29, 0.717) is 36.3 Å². The number of carboxylic acid groups (broad SMARTS) is 1. The lowest BCUT2D eigenvalue weighted by molar-refractivity contribution is -0.134. The van der Waals surface area contributed by atoms with Crippen LogP contribution in [0, 0.1) is 0 Å². The fourth-order valence-corrected chi connectivity index (χ4v) is 4.71. The van der Waals surface area contributed by atoms with Gasteiger partial charge in [-0.25, -0.2) is 14.4 Å². The van der Waals surface area contributed by atoms with Crippen molar-refractivity contribution in [1.29, 1.82) is 0 Å². The smallest absolute Gasteiger partial charge is 0.346 e. The molecule has 0 amide bonds. The van der Waals surface area contributed by atoms with Gasteiger partial charge >= 0.3 is 17.9 Å². The van der Waals surface area contributed by atoms with E-state index in [1.54, 1.807) is 0 Å². The molecule has 0 aliphatic carbocycles. The molecular weight excluding hydrogens is 478 g/mol. The number of nitrogens with zero attached hydrogens (tertiary/aromatic N) is 1. The van der Waals surface area contributed by atoms with E-state index in [9.17, 15) is 14.4 Å². The van der Waals surface area contributed by atoms with Crippen molar-refractivity contribution in [3.05, 3.63) is 65.2 Å². The Labute approximate surface area is 217 Å². The molecule has 0 aliphatic heterocycles. The molecule has 2 aromatic carbocycles. The van der Waals surface area contributed by atoms with Gasteiger partial charge in [-0.1, -0.05) is 51.1 Å². The van der Waals surface area contributed by atoms with E-state index in [1.165, 1.54) is 27.4 Å². The van der Waals surface area contributed by atoms with Crippen molar-refractivity contribution in [1.82, 2.24) is 4.90 Å². The molecule has 0 saturated heterocycles. The molecule has 37 heavy (non-hydrogen) atoms. The Hall–Kier alpha value is -3.85. The fourth-order valence-electron chi connectivity index (χ4n) is 4.71. The number of esters is 2. The quantitative estimate of drug-likeness (QED) is 0.239. The van der Waals surface area contributed by atoms with Crippen LogP contribution in [0.1, 0.15) is 48.7 Å². The number of hydrogen-bond acceptors (Lipinski definition) is 8. The van der Waals surface area contributed by atoms with Gasteiger partial charge in [-0.05, 0) is 37.6 Å². The first-order chi connectivity index (χ1) is 17.7. The predicted octanol–water partition coefficient (Wildman–Crippen LogP) is 4.23.